The van der Waals surface area contributed by atoms with Gasteiger partial charge < -0.3 is 5.11 Å². The summed E-state index contributed by atoms with van der Waals surface area (Å²) in [6.45, 7) is -0.728. The molecule has 0 fully saturated rings. The van der Waals surface area contributed by atoms with Gasteiger partial charge in [-0.25, -0.2) is 4.98 Å². The van der Waals surface area contributed by atoms with Crippen molar-refractivity contribution in [3.05, 3.63) is 28.0 Å². The van der Waals surface area contributed by atoms with E-state index in [-0.39, 0.29) is 10.3 Å². The molecule has 1 heterocycles. The molecule has 13 heavy (non-hydrogen) atoms. The van der Waals surface area contributed by atoms with Gasteiger partial charge in [-0.3, -0.25) is 0 Å². The van der Waals surface area contributed by atoms with Crippen molar-refractivity contribution in [3.8, 4) is 0 Å². The van der Waals surface area contributed by atoms with E-state index in [2.05, 4.69) is 20.9 Å². The molecule has 0 aliphatic carbocycles. The van der Waals surface area contributed by atoms with Crippen molar-refractivity contribution in [1.82, 2.24) is 4.98 Å². The molecule has 0 bridgehead atoms. The fourth-order valence-electron chi connectivity index (χ4n) is 0.853. The maximum atomic E-state index is 12.2. The zero-order valence-electron chi connectivity index (χ0n) is 6.27. The van der Waals surface area contributed by atoms with Crippen LogP contribution in [0.25, 0.3) is 0 Å². The van der Waals surface area contributed by atoms with E-state index in [4.69, 9.17) is 5.11 Å². The minimum absolute atomic E-state index is 0.268. The van der Waals surface area contributed by atoms with E-state index in [0.29, 0.717) is 0 Å². The Kier molecular flexibility index (Phi) is 2.92. The summed E-state index contributed by atoms with van der Waals surface area (Å²) >= 11 is 2.91. The van der Waals surface area contributed by atoms with Gasteiger partial charge in [-0.1, -0.05) is 0 Å². The fraction of sp³-hybridized carbons (Fsp3) is 0.286. The van der Waals surface area contributed by atoms with Crippen molar-refractivity contribution in [2.24, 2.45) is 0 Å². The molecule has 0 radical (unpaired) electrons. The molecule has 0 unspecified atom stereocenters. The molecule has 0 aromatic carbocycles. The summed E-state index contributed by atoms with van der Waals surface area (Å²) in [7, 11) is 0. The summed E-state index contributed by atoms with van der Waals surface area (Å²) in [6.07, 6.45) is -4.47. The van der Waals surface area contributed by atoms with E-state index in [9.17, 15) is 13.2 Å². The highest BCUT2D eigenvalue weighted by atomic mass is 79.9. The number of alkyl halides is 3. The highest BCUT2D eigenvalue weighted by molar-refractivity contribution is 9.10. The normalized spacial score (nSPS) is 11.8. The molecule has 2 nitrogen and oxygen atoms in total. The zero-order chi connectivity index (χ0) is 10.1. The van der Waals surface area contributed by atoms with Crippen LogP contribution in [-0.4, -0.2) is 10.1 Å². The molecule has 1 aromatic rings. The average Bonchev–Trinajstić information content (AvgIpc) is 2.01. The van der Waals surface area contributed by atoms with Crippen LogP contribution in [-0.2, 0) is 12.8 Å². The summed E-state index contributed by atoms with van der Waals surface area (Å²) in [6, 6.07) is 2.06. The minimum Gasteiger partial charge on any atom is -0.390 e. The van der Waals surface area contributed by atoms with E-state index < -0.39 is 18.3 Å². The van der Waals surface area contributed by atoms with Crippen molar-refractivity contribution in [1.29, 1.82) is 0 Å². The van der Waals surface area contributed by atoms with Gasteiger partial charge in [0.25, 0.3) is 0 Å². The number of aliphatic hydroxyl groups excluding tert-OH is 1. The lowest BCUT2D eigenvalue weighted by atomic mass is 10.2. The third-order valence-electron chi connectivity index (χ3n) is 1.40. The van der Waals surface area contributed by atoms with Crippen LogP contribution in [0.1, 0.15) is 11.3 Å². The quantitative estimate of drug-likeness (QED) is 0.782. The van der Waals surface area contributed by atoms with Gasteiger partial charge in [-0.05, 0) is 28.1 Å². The number of pyridine rings is 1. The maximum Gasteiger partial charge on any atom is 0.418 e. The highest BCUT2D eigenvalue weighted by Gasteiger charge is 2.33. The highest BCUT2D eigenvalue weighted by Crippen LogP contribution is 2.31. The first kappa shape index (κ1) is 10.5. The maximum absolute atomic E-state index is 12.2. The molecular formula is C7H5BrF3NO. The molecule has 1 rings (SSSR count). The molecule has 0 saturated carbocycles. The van der Waals surface area contributed by atoms with Crippen molar-refractivity contribution in [3.63, 3.8) is 0 Å². The lowest BCUT2D eigenvalue weighted by Gasteiger charge is -2.09. The second-order valence-electron chi connectivity index (χ2n) is 2.28. The third kappa shape index (κ3) is 2.41. The van der Waals surface area contributed by atoms with Crippen LogP contribution in [0.5, 0.6) is 0 Å². The third-order valence-corrected chi connectivity index (χ3v) is 1.84. The van der Waals surface area contributed by atoms with Crippen LogP contribution in [0.2, 0.25) is 0 Å². The van der Waals surface area contributed by atoms with Gasteiger partial charge in [0.1, 0.15) is 4.60 Å². The Hall–Kier alpha value is -0.620. The van der Waals surface area contributed by atoms with Crippen molar-refractivity contribution >= 4 is 15.9 Å². The van der Waals surface area contributed by atoms with Crippen molar-refractivity contribution in [2.45, 2.75) is 12.8 Å². The predicted octanol–water partition coefficient (Wildman–Crippen LogP) is 2.36. The Morgan fingerprint density at radius 2 is 2.00 bits per heavy atom. The summed E-state index contributed by atoms with van der Waals surface area (Å²) in [4.78, 5) is 3.50. The Morgan fingerprint density at radius 1 is 1.38 bits per heavy atom. The van der Waals surface area contributed by atoms with Crippen LogP contribution in [0.4, 0.5) is 13.2 Å². The molecule has 1 N–H and O–H groups in total. The number of rotatable bonds is 1. The molecule has 0 aliphatic rings. The summed E-state index contributed by atoms with van der Waals surface area (Å²) < 4.78 is 36.9. The van der Waals surface area contributed by atoms with E-state index in [1.54, 1.807) is 0 Å². The van der Waals surface area contributed by atoms with Gasteiger partial charge in [0.2, 0.25) is 0 Å². The van der Waals surface area contributed by atoms with E-state index >= 15 is 0 Å². The van der Waals surface area contributed by atoms with E-state index in [0.717, 1.165) is 6.07 Å². The topological polar surface area (TPSA) is 33.1 Å². The summed E-state index contributed by atoms with van der Waals surface area (Å²) in [5.74, 6) is 0. The standard InChI is InChI=1S/C7H5BrF3NO/c8-6-2-1-4(7(9,10)11)5(3-13)12-6/h1-2,13H,3H2. The number of aromatic nitrogens is 1. The lowest BCUT2D eigenvalue weighted by Crippen LogP contribution is -2.10. The number of nitrogens with zero attached hydrogens (tertiary/aromatic N) is 1. The second kappa shape index (κ2) is 3.63. The van der Waals surface area contributed by atoms with Crippen LogP contribution in [0.3, 0.4) is 0 Å². The van der Waals surface area contributed by atoms with E-state index in [1.165, 1.54) is 6.07 Å². The zero-order valence-corrected chi connectivity index (χ0v) is 7.85. The van der Waals surface area contributed by atoms with E-state index in [1.807, 2.05) is 0 Å². The molecule has 0 saturated heterocycles. The van der Waals surface area contributed by atoms with Gasteiger partial charge in [0, 0.05) is 0 Å². The summed E-state index contributed by atoms with van der Waals surface area (Å²) in [5.41, 5.74) is -1.28. The molecular weight excluding hydrogens is 251 g/mol. The number of hydrogen-bond acceptors (Lipinski definition) is 2. The first-order chi connectivity index (χ1) is 5.95. The van der Waals surface area contributed by atoms with Gasteiger partial charge in [-0.15, -0.1) is 0 Å². The fourth-order valence-corrected chi connectivity index (χ4v) is 1.20. The molecule has 0 aliphatic heterocycles. The Bertz CT molecular complexity index is 313. The smallest absolute Gasteiger partial charge is 0.390 e. The van der Waals surface area contributed by atoms with Crippen LogP contribution >= 0.6 is 15.9 Å². The Morgan fingerprint density at radius 3 is 2.46 bits per heavy atom. The largest absolute Gasteiger partial charge is 0.418 e. The first-order valence-corrected chi connectivity index (χ1v) is 4.08. The van der Waals surface area contributed by atoms with Crippen LogP contribution in [0, 0.1) is 0 Å². The predicted molar refractivity (Wildman–Crippen MR) is 42.9 cm³/mol. The Balaban J connectivity index is 3.22. The number of halogens is 4. The van der Waals surface area contributed by atoms with Crippen LogP contribution < -0.4 is 0 Å². The van der Waals surface area contributed by atoms with Crippen LogP contribution in [0.15, 0.2) is 16.7 Å². The molecule has 0 amide bonds. The van der Waals surface area contributed by atoms with Crippen molar-refractivity contribution in [2.75, 3.05) is 0 Å². The minimum atomic E-state index is -4.47. The van der Waals surface area contributed by atoms with Gasteiger partial charge in [0.05, 0.1) is 17.9 Å². The molecule has 6 heteroatoms. The molecule has 1 aromatic heterocycles. The number of aliphatic hydroxyl groups is 1. The number of hydrogen-bond donors (Lipinski definition) is 1. The SMILES string of the molecule is OCc1nc(Br)ccc1C(F)(F)F. The van der Waals surface area contributed by atoms with Gasteiger partial charge in [0.15, 0.2) is 0 Å². The Labute approximate surface area is 80.5 Å². The van der Waals surface area contributed by atoms with Crippen molar-refractivity contribution < 1.29 is 18.3 Å². The lowest BCUT2D eigenvalue weighted by molar-refractivity contribution is -0.139. The molecule has 0 spiro atoms. The van der Waals surface area contributed by atoms with Gasteiger partial charge >= 0.3 is 6.18 Å². The first-order valence-electron chi connectivity index (χ1n) is 3.28. The molecule has 0 atom stereocenters. The average molecular weight is 256 g/mol. The molecule has 72 valence electrons. The monoisotopic (exact) mass is 255 g/mol. The summed E-state index contributed by atoms with van der Waals surface area (Å²) in [5, 5.41) is 8.62. The van der Waals surface area contributed by atoms with Gasteiger partial charge in [-0.2, -0.15) is 13.2 Å². The second-order valence-corrected chi connectivity index (χ2v) is 3.10.